The Bertz CT molecular complexity index is 1260. The van der Waals surface area contributed by atoms with Gasteiger partial charge in [0.05, 0.1) is 16.8 Å². The van der Waals surface area contributed by atoms with Crippen LogP contribution in [0.1, 0.15) is 29.5 Å². The van der Waals surface area contributed by atoms with Crippen molar-refractivity contribution >= 4 is 11.6 Å². The topological polar surface area (TPSA) is 88.6 Å². The van der Waals surface area contributed by atoms with Crippen LogP contribution in [0.2, 0.25) is 0 Å². The molecular weight excluding hydrogens is 448 g/mol. The number of nitrogens with one attached hydrogen (secondary N) is 1. The van der Waals surface area contributed by atoms with Gasteiger partial charge in [-0.25, -0.2) is 14.4 Å². The number of nitrogens with zero attached hydrogens (tertiary/aromatic N) is 5. The van der Waals surface area contributed by atoms with E-state index in [-0.39, 0.29) is 17.6 Å². The predicted octanol–water partition coefficient (Wildman–Crippen LogP) is 5.13. The van der Waals surface area contributed by atoms with Crippen molar-refractivity contribution in [3.8, 4) is 23.4 Å². The highest BCUT2D eigenvalue weighted by molar-refractivity contribution is 5.69. The maximum Gasteiger partial charge on any atom is 0.417 e. The number of hydrogen-bond donors (Lipinski definition) is 1. The van der Waals surface area contributed by atoms with E-state index in [0.29, 0.717) is 36.5 Å². The van der Waals surface area contributed by atoms with Crippen molar-refractivity contribution in [1.82, 2.24) is 9.97 Å². The zero-order valence-corrected chi connectivity index (χ0v) is 17.8. The van der Waals surface area contributed by atoms with Crippen LogP contribution in [0.4, 0.5) is 29.2 Å². The summed E-state index contributed by atoms with van der Waals surface area (Å²) in [5.74, 6) is -0.0404. The molecule has 6 nitrogen and oxygen atoms in total. The number of hydrogen-bond acceptors (Lipinski definition) is 6. The molecule has 1 fully saturated rings. The summed E-state index contributed by atoms with van der Waals surface area (Å²) in [6, 6.07) is 12.6. The molecule has 0 radical (unpaired) electrons. The highest BCUT2D eigenvalue weighted by Crippen LogP contribution is 2.38. The highest BCUT2D eigenvalue weighted by atomic mass is 19.4. The SMILES string of the molecule is N#Cc1ccc(NC2CCCN(c3nc(-c4ccc(F)cc4)cc(C(F)(F)F)c3C#N)C2)nc1. The molecule has 0 amide bonds. The van der Waals surface area contributed by atoms with Gasteiger partial charge in [-0.05, 0) is 55.3 Å². The van der Waals surface area contributed by atoms with Crippen LogP contribution >= 0.6 is 0 Å². The molecule has 0 spiro atoms. The van der Waals surface area contributed by atoms with Crippen molar-refractivity contribution in [2.75, 3.05) is 23.3 Å². The lowest BCUT2D eigenvalue weighted by Gasteiger charge is -2.35. The second-order valence-corrected chi connectivity index (χ2v) is 7.84. The van der Waals surface area contributed by atoms with Crippen LogP contribution in [-0.2, 0) is 6.18 Å². The normalized spacial score (nSPS) is 15.9. The number of nitriles is 2. The maximum absolute atomic E-state index is 13.9. The van der Waals surface area contributed by atoms with E-state index in [1.54, 1.807) is 23.1 Å². The number of benzene rings is 1. The Balaban J connectivity index is 1.69. The minimum absolute atomic E-state index is 0.00478. The standard InChI is InChI=1S/C24H18F4N6/c25-17-6-4-16(5-7-17)21-10-20(24(26,27)28)19(12-30)23(33-21)34-9-1-2-18(14-34)32-22-8-3-15(11-29)13-31-22/h3-8,10,13,18H,1-2,9,14H2,(H,31,32). The fraction of sp³-hybridized carbons (Fsp3) is 0.250. The van der Waals surface area contributed by atoms with Crippen molar-refractivity contribution in [1.29, 1.82) is 10.5 Å². The first-order valence-corrected chi connectivity index (χ1v) is 10.4. The summed E-state index contributed by atoms with van der Waals surface area (Å²) in [5.41, 5.74) is -0.897. The summed E-state index contributed by atoms with van der Waals surface area (Å²) in [4.78, 5) is 10.2. The fourth-order valence-electron chi connectivity index (χ4n) is 3.90. The molecule has 0 bridgehead atoms. The number of aromatic nitrogens is 2. The lowest BCUT2D eigenvalue weighted by Crippen LogP contribution is -2.43. The maximum atomic E-state index is 13.9. The van der Waals surface area contributed by atoms with Crippen LogP contribution in [-0.4, -0.2) is 29.1 Å². The quantitative estimate of drug-likeness (QED) is 0.537. The van der Waals surface area contributed by atoms with Gasteiger partial charge in [0.2, 0.25) is 0 Å². The molecule has 1 N–H and O–H groups in total. The number of piperidine rings is 1. The highest BCUT2D eigenvalue weighted by Gasteiger charge is 2.37. The first-order chi connectivity index (χ1) is 16.3. The van der Waals surface area contributed by atoms with E-state index in [2.05, 4.69) is 15.3 Å². The summed E-state index contributed by atoms with van der Waals surface area (Å²) < 4.78 is 54.9. The number of rotatable bonds is 4. The first kappa shape index (κ1) is 23.0. The second kappa shape index (κ2) is 9.36. The van der Waals surface area contributed by atoms with E-state index in [0.717, 1.165) is 24.6 Å². The molecule has 1 aliphatic rings. The monoisotopic (exact) mass is 466 g/mol. The lowest BCUT2D eigenvalue weighted by atomic mass is 10.0. The minimum atomic E-state index is -4.77. The van der Waals surface area contributed by atoms with Gasteiger partial charge >= 0.3 is 6.18 Å². The van der Waals surface area contributed by atoms with Crippen molar-refractivity contribution in [2.45, 2.75) is 25.1 Å². The van der Waals surface area contributed by atoms with Crippen LogP contribution in [0.15, 0.2) is 48.7 Å². The van der Waals surface area contributed by atoms with E-state index in [1.165, 1.54) is 18.3 Å². The average molecular weight is 466 g/mol. The van der Waals surface area contributed by atoms with Gasteiger partial charge in [-0.1, -0.05) is 0 Å². The van der Waals surface area contributed by atoms with Gasteiger partial charge in [0.25, 0.3) is 0 Å². The number of halogens is 4. The fourth-order valence-corrected chi connectivity index (χ4v) is 3.90. The summed E-state index contributed by atoms with van der Waals surface area (Å²) in [7, 11) is 0. The van der Waals surface area contributed by atoms with E-state index < -0.39 is 23.1 Å². The third-order valence-electron chi connectivity index (χ3n) is 5.52. The number of pyridine rings is 2. The van der Waals surface area contributed by atoms with Crippen LogP contribution in [0.5, 0.6) is 0 Å². The molecule has 172 valence electrons. The molecule has 0 saturated carbocycles. The van der Waals surface area contributed by atoms with Crippen molar-refractivity contribution < 1.29 is 17.6 Å². The molecule has 0 aliphatic carbocycles. The zero-order valence-electron chi connectivity index (χ0n) is 17.8. The van der Waals surface area contributed by atoms with Crippen LogP contribution in [0, 0.1) is 28.5 Å². The second-order valence-electron chi connectivity index (χ2n) is 7.84. The molecule has 1 aromatic carbocycles. The Kier molecular flexibility index (Phi) is 6.33. The summed E-state index contributed by atoms with van der Waals surface area (Å²) in [6.45, 7) is 0.721. The van der Waals surface area contributed by atoms with Crippen molar-refractivity contribution in [3.63, 3.8) is 0 Å². The third kappa shape index (κ3) is 4.91. The molecule has 3 aromatic rings. The third-order valence-corrected chi connectivity index (χ3v) is 5.52. The molecule has 10 heteroatoms. The van der Waals surface area contributed by atoms with Crippen LogP contribution < -0.4 is 10.2 Å². The van der Waals surface area contributed by atoms with Gasteiger partial charge in [0.1, 0.15) is 35.2 Å². The molecule has 1 saturated heterocycles. The van der Waals surface area contributed by atoms with Gasteiger partial charge in [-0.2, -0.15) is 23.7 Å². The van der Waals surface area contributed by atoms with Gasteiger partial charge in [-0.3, -0.25) is 0 Å². The lowest BCUT2D eigenvalue weighted by molar-refractivity contribution is -0.137. The van der Waals surface area contributed by atoms with Gasteiger partial charge < -0.3 is 10.2 Å². The predicted molar refractivity (Wildman–Crippen MR) is 117 cm³/mol. The van der Waals surface area contributed by atoms with Crippen molar-refractivity contribution in [3.05, 3.63) is 71.2 Å². The van der Waals surface area contributed by atoms with E-state index in [1.807, 2.05) is 6.07 Å². The van der Waals surface area contributed by atoms with Gasteiger partial charge in [0.15, 0.2) is 0 Å². The Morgan fingerprint density at radius 2 is 1.82 bits per heavy atom. The van der Waals surface area contributed by atoms with Crippen LogP contribution in [0.3, 0.4) is 0 Å². The van der Waals surface area contributed by atoms with Gasteiger partial charge in [-0.15, -0.1) is 0 Å². The van der Waals surface area contributed by atoms with E-state index in [9.17, 15) is 22.8 Å². The summed E-state index contributed by atoms with van der Waals surface area (Å²) in [5, 5.41) is 21.8. The van der Waals surface area contributed by atoms with E-state index >= 15 is 0 Å². The van der Waals surface area contributed by atoms with Crippen molar-refractivity contribution in [2.24, 2.45) is 0 Å². The Labute approximate surface area is 193 Å². The molecule has 34 heavy (non-hydrogen) atoms. The Morgan fingerprint density at radius 3 is 2.44 bits per heavy atom. The molecular formula is C24H18F4N6. The average Bonchev–Trinajstić information content (AvgIpc) is 2.84. The first-order valence-electron chi connectivity index (χ1n) is 10.4. The van der Waals surface area contributed by atoms with E-state index in [4.69, 9.17) is 5.26 Å². The Morgan fingerprint density at radius 1 is 1.06 bits per heavy atom. The number of alkyl halides is 3. The van der Waals surface area contributed by atoms with Gasteiger partial charge in [0, 0.05) is 30.9 Å². The molecule has 1 atom stereocenters. The molecule has 4 rings (SSSR count). The zero-order chi connectivity index (χ0) is 24.3. The number of anilines is 2. The summed E-state index contributed by atoms with van der Waals surface area (Å²) >= 11 is 0. The molecule has 3 heterocycles. The molecule has 2 aromatic heterocycles. The largest absolute Gasteiger partial charge is 0.417 e. The van der Waals surface area contributed by atoms with Crippen LogP contribution in [0.25, 0.3) is 11.3 Å². The molecule has 1 aliphatic heterocycles. The Hall–Kier alpha value is -4.18. The molecule has 1 unspecified atom stereocenters. The summed E-state index contributed by atoms with van der Waals surface area (Å²) in [6.07, 6.45) is -1.94. The minimum Gasteiger partial charge on any atom is -0.366 e. The smallest absolute Gasteiger partial charge is 0.366 e.